The number of furan rings is 1. The zero-order valence-electron chi connectivity index (χ0n) is 18.4. The summed E-state index contributed by atoms with van der Waals surface area (Å²) in [4.78, 5) is 29.7. The summed E-state index contributed by atoms with van der Waals surface area (Å²) in [5, 5.41) is 0. The van der Waals surface area contributed by atoms with Crippen LogP contribution < -0.4 is 9.64 Å². The molecule has 30 heavy (non-hydrogen) atoms. The largest absolute Gasteiger partial charge is 0.485 e. The predicted molar refractivity (Wildman–Crippen MR) is 116 cm³/mol. The Morgan fingerprint density at radius 2 is 2.00 bits per heavy atom. The number of rotatable bonds is 4. The van der Waals surface area contributed by atoms with Crippen molar-refractivity contribution in [1.82, 2.24) is 4.90 Å². The fourth-order valence-electron chi connectivity index (χ4n) is 4.62. The Hall–Kier alpha value is -2.76. The van der Waals surface area contributed by atoms with Crippen molar-refractivity contribution in [3.05, 3.63) is 46.9 Å². The summed E-state index contributed by atoms with van der Waals surface area (Å²) in [5.41, 5.74) is 2.20. The summed E-state index contributed by atoms with van der Waals surface area (Å²) in [5.74, 6) is 1.62. The quantitative estimate of drug-likeness (QED) is 0.759. The third-order valence-electron chi connectivity index (χ3n) is 6.10. The second-order valence-electron chi connectivity index (χ2n) is 9.23. The molecule has 1 aromatic heterocycles. The van der Waals surface area contributed by atoms with E-state index in [0.29, 0.717) is 42.8 Å². The molecule has 0 bridgehead atoms. The molecule has 0 fully saturated rings. The van der Waals surface area contributed by atoms with Gasteiger partial charge in [0.2, 0.25) is 0 Å². The monoisotopic (exact) mass is 410 g/mol. The first-order valence-electron chi connectivity index (χ1n) is 10.6. The second-order valence-corrected chi connectivity index (χ2v) is 9.23. The van der Waals surface area contributed by atoms with Gasteiger partial charge in [-0.2, -0.15) is 0 Å². The molecule has 0 N–H and O–H groups in total. The van der Waals surface area contributed by atoms with E-state index in [1.807, 2.05) is 25.1 Å². The Labute approximate surface area is 177 Å². The van der Waals surface area contributed by atoms with Crippen LogP contribution in [0.25, 0.3) is 0 Å². The number of Topliss-reactive ketones (excluding diaryl/α,β-unsaturated/α-hetero) is 1. The van der Waals surface area contributed by atoms with Crippen molar-refractivity contribution in [3.8, 4) is 5.75 Å². The van der Waals surface area contributed by atoms with E-state index in [9.17, 15) is 9.59 Å². The first-order valence-corrected chi connectivity index (χ1v) is 10.6. The van der Waals surface area contributed by atoms with Crippen LogP contribution in [-0.2, 0) is 6.42 Å². The van der Waals surface area contributed by atoms with Gasteiger partial charge in [0.25, 0.3) is 5.91 Å². The number of fused-ring (bicyclic) bond motifs is 2. The molecular weight excluding hydrogens is 380 g/mol. The molecule has 0 spiro atoms. The SMILES string of the molecule is CCN1C[C@@H](CN(C)C(=O)c2oc3c(c2C)C(=O)CC(C)(C)C3)Oc2ccccc21. The van der Waals surface area contributed by atoms with Crippen LogP contribution in [-0.4, -0.2) is 49.4 Å². The number of carbonyl (C=O) groups is 2. The maximum Gasteiger partial charge on any atom is 0.289 e. The highest BCUT2D eigenvalue weighted by Crippen LogP contribution is 2.39. The lowest BCUT2D eigenvalue weighted by Gasteiger charge is -2.37. The lowest BCUT2D eigenvalue weighted by molar-refractivity contribution is 0.0674. The van der Waals surface area contributed by atoms with E-state index in [1.165, 1.54) is 0 Å². The zero-order valence-corrected chi connectivity index (χ0v) is 18.4. The van der Waals surface area contributed by atoms with Crippen molar-refractivity contribution in [1.29, 1.82) is 0 Å². The van der Waals surface area contributed by atoms with Gasteiger partial charge in [-0.1, -0.05) is 26.0 Å². The summed E-state index contributed by atoms with van der Waals surface area (Å²) in [7, 11) is 1.76. The average Bonchev–Trinajstić information content (AvgIpc) is 3.01. The lowest BCUT2D eigenvalue weighted by Crippen LogP contribution is -2.46. The van der Waals surface area contributed by atoms with E-state index in [4.69, 9.17) is 9.15 Å². The molecular formula is C24H30N2O4. The Kier molecular flexibility index (Phi) is 5.12. The van der Waals surface area contributed by atoms with E-state index < -0.39 is 0 Å². The van der Waals surface area contributed by atoms with Gasteiger partial charge in [-0.25, -0.2) is 0 Å². The zero-order chi connectivity index (χ0) is 21.6. The molecule has 0 unspecified atom stereocenters. The summed E-state index contributed by atoms with van der Waals surface area (Å²) in [6, 6.07) is 7.98. The maximum absolute atomic E-state index is 13.2. The number of nitrogens with zero attached hydrogens (tertiary/aromatic N) is 2. The molecule has 1 aliphatic heterocycles. The molecule has 1 amide bonds. The fourth-order valence-corrected chi connectivity index (χ4v) is 4.62. The van der Waals surface area contributed by atoms with E-state index >= 15 is 0 Å². The third-order valence-corrected chi connectivity index (χ3v) is 6.10. The molecule has 1 aliphatic carbocycles. The highest BCUT2D eigenvalue weighted by atomic mass is 16.5. The van der Waals surface area contributed by atoms with Crippen LogP contribution in [0.4, 0.5) is 5.69 Å². The number of benzene rings is 1. The second kappa shape index (κ2) is 7.49. The molecule has 160 valence electrons. The topological polar surface area (TPSA) is 63.0 Å². The van der Waals surface area contributed by atoms with Crippen molar-refractivity contribution in [2.45, 2.75) is 46.6 Å². The van der Waals surface area contributed by atoms with Crippen molar-refractivity contribution >= 4 is 17.4 Å². The Morgan fingerprint density at radius 1 is 1.27 bits per heavy atom. The first kappa shape index (κ1) is 20.5. The Balaban J connectivity index is 1.52. The molecule has 0 radical (unpaired) electrons. The summed E-state index contributed by atoms with van der Waals surface area (Å²) < 4.78 is 12.1. The van der Waals surface area contributed by atoms with Crippen LogP contribution >= 0.6 is 0 Å². The highest BCUT2D eigenvalue weighted by Gasteiger charge is 2.38. The number of likely N-dealkylation sites (N-methyl/N-ethyl adjacent to an activating group) is 2. The number of anilines is 1. The minimum Gasteiger partial charge on any atom is -0.485 e. The molecule has 6 nitrogen and oxygen atoms in total. The van der Waals surface area contributed by atoms with Gasteiger partial charge >= 0.3 is 0 Å². The van der Waals surface area contributed by atoms with Crippen LogP contribution in [0.15, 0.2) is 28.7 Å². The van der Waals surface area contributed by atoms with Crippen LogP contribution in [0.5, 0.6) is 5.75 Å². The summed E-state index contributed by atoms with van der Waals surface area (Å²) in [6.45, 7) is 10.1. The van der Waals surface area contributed by atoms with Crippen LogP contribution in [0.2, 0.25) is 0 Å². The Bertz CT molecular complexity index is 991. The van der Waals surface area contributed by atoms with Gasteiger partial charge in [-0.05, 0) is 31.4 Å². The minimum atomic E-state index is -0.210. The van der Waals surface area contributed by atoms with Gasteiger partial charge in [0, 0.05) is 32.0 Å². The molecule has 2 heterocycles. The summed E-state index contributed by atoms with van der Waals surface area (Å²) >= 11 is 0. The molecule has 0 saturated heterocycles. The number of hydrogen-bond acceptors (Lipinski definition) is 5. The van der Waals surface area contributed by atoms with Crippen molar-refractivity contribution in [2.75, 3.05) is 31.6 Å². The fraction of sp³-hybridized carbons (Fsp3) is 0.500. The third kappa shape index (κ3) is 3.59. The van der Waals surface area contributed by atoms with E-state index in [0.717, 1.165) is 18.0 Å². The first-order chi connectivity index (χ1) is 14.2. The molecule has 0 saturated carbocycles. The van der Waals surface area contributed by atoms with Crippen molar-refractivity contribution in [3.63, 3.8) is 0 Å². The van der Waals surface area contributed by atoms with Gasteiger partial charge in [0.05, 0.1) is 24.3 Å². The smallest absolute Gasteiger partial charge is 0.289 e. The van der Waals surface area contributed by atoms with Crippen molar-refractivity contribution < 1.29 is 18.7 Å². The predicted octanol–water partition coefficient (Wildman–Crippen LogP) is 4.10. The van der Waals surface area contributed by atoms with E-state index in [-0.39, 0.29) is 29.0 Å². The van der Waals surface area contributed by atoms with Gasteiger partial charge in [-0.3, -0.25) is 9.59 Å². The Morgan fingerprint density at radius 3 is 2.73 bits per heavy atom. The van der Waals surface area contributed by atoms with Gasteiger partial charge < -0.3 is 19.0 Å². The molecule has 1 atom stereocenters. The molecule has 4 rings (SSSR count). The number of ether oxygens (including phenoxy) is 1. The molecule has 2 aliphatic rings. The summed E-state index contributed by atoms with van der Waals surface area (Å²) in [6.07, 6.45) is 1.01. The number of hydrogen-bond donors (Lipinski definition) is 0. The lowest BCUT2D eigenvalue weighted by atomic mass is 9.76. The number of carbonyl (C=O) groups excluding carboxylic acids is 2. The van der Waals surface area contributed by atoms with Crippen LogP contribution in [0.3, 0.4) is 0 Å². The van der Waals surface area contributed by atoms with Crippen LogP contribution in [0.1, 0.15) is 59.4 Å². The number of para-hydroxylation sites is 2. The minimum absolute atomic E-state index is 0.0648. The van der Waals surface area contributed by atoms with Crippen molar-refractivity contribution in [2.24, 2.45) is 5.41 Å². The number of ketones is 1. The molecule has 6 heteroatoms. The van der Waals surface area contributed by atoms with E-state index in [1.54, 1.807) is 11.9 Å². The van der Waals surface area contributed by atoms with Gasteiger partial charge in [0.1, 0.15) is 17.6 Å². The van der Waals surface area contributed by atoms with E-state index in [2.05, 4.69) is 31.7 Å². The average molecular weight is 411 g/mol. The highest BCUT2D eigenvalue weighted by molar-refractivity contribution is 6.03. The molecule has 2 aromatic rings. The molecule has 1 aromatic carbocycles. The van der Waals surface area contributed by atoms with Gasteiger partial charge in [-0.15, -0.1) is 0 Å². The standard InChI is InChI=1S/C24H30N2O4/c1-6-26-14-16(29-19-10-8-7-9-17(19)26)13-25(5)23(28)22-15(2)21-18(27)11-24(3,4)12-20(21)30-22/h7-10,16H,6,11-14H2,1-5H3/t16-/m1/s1. The maximum atomic E-state index is 13.2. The normalized spacial score (nSPS) is 19.7. The number of amides is 1. The van der Waals surface area contributed by atoms with Gasteiger partial charge in [0.15, 0.2) is 11.5 Å². The van der Waals surface area contributed by atoms with Crippen LogP contribution in [0, 0.1) is 12.3 Å².